The van der Waals surface area contributed by atoms with Crippen molar-refractivity contribution in [3.63, 3.8) is 0 Å². The van der Waals surface area contributed by atoms with Crippen molar-refractivity contribution >= 4 is 10.9 Å². The first-order valence-electron chi connectivity index (χ1n) is 4.84. The molecule has 0 saturated heterocycles. The molecule has 17 heavy (non-hydrogen) atoms. The Kier molecular flexibility index (Phi) is 7.68. The summed E-state index contributed by atoms with van der Waals surface area (Å²) in [5.74, 6) is 0. The molecule has 0 unspecified atom stereocenters. The van der Waals surface area contributed by atoms with E-state index in [0.717, 1.165) is 5.52 Å². The number of pyridine rings is 1. The van der Waals surface area contributed by atoms with Crippen LogP contribution in [0.5, 0.6) is 0 Å². The predicted octanol–water partition coefficient (Wildman–Crippen LogP) is 3.67. The molecule has 1 aromatic carbocycles. The van der Waals surface area contributed by atoms with Gasteiger partial charge in [0.05, 0.1) is 5.52 Å². The predicted molar refractivity (Wildman–Crippen MR) is 63.6 cm³/mol. The molecule has 2 aromatic heterocycles. The number of rotatable bonds is 0. The van der Waals surface area contributed by atoms with E-state index in [1.165, 1.54) is 5.39 Å². The summed E-state index contributed by atoms with van der Waals surface area (Å²) in [6.07, 6.45) is 5.56. The van der Waals surface area contributed by atoms with Gasteiger partial charge >= 0.3 is 0 Å². The number of hydrogen-bond donors (Lipinski definition) is 1. The minimum Gasteiger partial charge on any atom is -0.368 e. The molecular weight excluding hydrogens is 267 g/mol. The number of H-pyrrole nitrogens is 1. The van der Waals surface area contributed by atoms with E-state index in [2.05, 4.69) is 22.1 Å². The molecule has 0 spiro atoms. The van der Waals surface area contributed by atoms with Gasteiger partial charge in [-0.1, -0.05) is 24.3 Å². The zero-order chi connectivity index (χ0) is 10.3. The van der Waals surface area contributed by atoms with Crippen molar-refractivity contribution in [3.05, 3.63) is 67.1 Å². The first kappa shape index (κ1) is 15.4. The van der Waals surface area contributed by atoms with E-state index in [4.69, 9.17) is 0 Å². The van der Waals surface area contributed by atoms with Crippen LogP contribution in [0.3, 0.4) is 0 Å². The van der Waals surface area contributed by atoms with Gasteiger partial charge in [0.25, 0.3) is 0 Å². The van der Waals surface area contributed by atoms with Crippen LogP contribution >= 0.6 is 0 Å². The minimum absolute atomic E-state index is 0. The summed E-state index contributed by atoms with van der Waals surface area (Å²) >= 11 is 0. The van der Waals surface area contributed by atoms with E-state index >= 15 is 0 Å². The topological polar surface area (TPSA) is 28.7 Å². The van der Waals surface area contributed by atoms with Crippen molar-refractivity contribution in [2.75, 3.05) is 0 Å². The van der Waals surface area contributed by atoms with Gasteiger partial charge in [-0.05, 0) is 24.3 Å². The van der Waals surface area contributed by atoms with Gasteiger partial charge in [-0.25, -0.2) is 0 Å². The number of hydrogen-bond acceptors (Lipinski definition) is 1. The Morgan fingerprint density at radius 3 is 2.06 bits per heavy atom. The second-order valence-corrected chi connectivity index (χ2v) is 3.08. The number of aromatic amines is 1. The van der Waals surface area contributed by atoms with Crippen molar-refractivity contribution in [2.24, 2.45) is 0 Å². The Morgan fingerprint density at radius 2 is 1.47 bits per heavy atom. The zero-order valence-electron chi connectivity index (χ0n) is 8.98. The van der Waals surface area contributed by atoms with Crippen LogP contribution in [-0.2, 0) is 17.1 Å². The van der Waals surface area contributed by atoms with Crippen LogP contribution in [0.4, 0.5) is 4.70 Å². The summed E-state index contributed by atoms with van der Waals surface area (Å²) < 4.78 is 0. The molecule has 2 nitrogen and oxygen atoms in total. The van der Waals surface area contributed by atoms with Gasteiger partial charge in [0, 0.05) is 45.7 Å². The Morgan fingerprint density at radius 1 is 0.824 bits per heavy atom. The second kappa shape index (κ2) is 8.50. The first-order valence-corrected chi connectivity index (χ1v) is 4.84. The van der Waals surface area contributed by atoms with E-state index < -0.39 is 0 Å². The van der Waals surface area contributed by atoms with Crippen LogP contribution in [0.25, 0.3) is 10.9 Å². The maximum absolute atomic E-state index is 4.18. The average Bonchev–Trinajstić information content (AvgIpc) is 2.88. The van der Waals surface area contributed by atoms with Crippen LogP contribution in [0.15, 0.2) is 67.1 Å². The van der Waals surface area contributed by atoms with E-state index in [1.54, 1.807) is 0 Å². The molecule has 0 fully saturated rings. The number of fused-ring (bicyclic) bond motifs is 1. The van der Waals surface area contributed by atoms with E-state index in [9.17, 15) is 0 Å². The molecule has 2 heterocycles. The van der Waals surface area contributed by atoms with Crippen molar-refractivity contribution < 1.29 is 21.8 Å². The SMILES string of the molecule is [Cu].[F].c1cc[nH]c1.c1ccc2ncccc2c1. The second-order valence-electron chi connectivity index (χ2n) is 3.08. The first-order chi connectivity index (χ1) is 7.47. The Bertz CT molecular complexity index is 429. The third kappa shape index (κ3) is 4.81. The maximum atomic E-state index is 4.18. The largest absolute Gasteiger partial charge is 0.368 e. The number of nitrogens with zero attached hydrogens (tertiary/aromatic N) is 1. The van der Waals surface area contributed by atoms with Crippen LogP contribution in [0.1, 0.15) is 0 Å². The summed E-state index contributed by atoms with van der Waals surface area (Å²) in [5, 5.41) is 1.20. The van der Waals surface area contributed by atoms with Crippen LogP contribution in [0, 0.1) is 0 Å². The number of benzene rings is 1. The molecule has 0 aliphatic carbocycles. The summed E-state index contributed by atoms with van der Waals surface area (Å²) in [6.45, 7) is 0. The summed E-state index contributed by atoms with van der Waals surface area (Å²) in [5.41, 5.74) is 1.06. The van der Waals surface area contributed by atoms with E-state index in [-0.39, 0.29) is 21.8 Å². The molecule has 0 aliphatic heterocycles. The molecule has 0 saturated carbocycles. The Balaban J connectivity index is 0.000000318. The van der Waals surface area contributed by atoms with E-state index in [1.807, 2.05) is 55.0 Å². The molecule has 2 radical (unpaired) electrons. The van der Waals surface area contributed by atoms with Gasteiger partial charge in [0.1, 0.15) is 0 Å². The number of para-hydroxylation sites is 1. The molecule has 0 aliphatic rings. The molecule has 0 atom stereocenters. The molecule has 0 bridgehead atoms. The maximum Gasteiger partial charge on any atom is 0.0701 e. The summed E-state index contributed by atoms with van der Waals surface area (Å²) in [4.78, 5) is 7.04. The number of nitrogens with one attached hydrogen (secondary N) is 1. The fourth-order valence-electron chi connectivity index (χ4n) is 1.29. The molecule has 4 heteroatoms. The van der Waals surface area contributed by atoms with Crippen LogP contribution in [0.2, 0.25) is 0 Å². The summed E-state index contributed by atoms with van der Waals surface area (Å²) in [7, 11) is 0. The fraction of sp³-hybridized carbons (Fsp3) is 0. The Hall–Kier alpha value is -1.64. The van der Waals surface area contributed by atoms with E-state index in [0.29, 0.717) is 0 Å². The van der Waals surface area contributed by atoms with Crippen molar-refractivity contribution in [1.29, 1.82) is 0 Å². The smallest absolute Gasteiger partial charge is 0.0701 e. The summed E-state index contributed by atoms with van der Waals surface area (Å²) in [6, 6.07) is 16.0. The molecule has 92 valence electrons. The minimum atomic E-state index is 0. The van der Waals surface area contributed by atoms with Gasteiger partial charge in [-0.3, -0.25) is 4.98 Å². The van der Waals surface area contributed by atoms with Crippen molar-refractivity contribution in [3.8, 4) is 0 Å². The fourth-order valence-corrected chi connectivity index (χ4v) is 1.29. The third-order valence-electron chi connectivity index (χ3n) is 2.01. The third-order valence-corrected chi connectivity index (χ3v) is 2.01. The zero-order valence-corrected chi connectivity index (χ0v) is 9.92. The monoisotopic (exact) mass is 278 g/mol. The molecular formula is C13H12CuFN2. The average molecular weight is 279 g/mol. The Labute approximate surface area is 110 Å². The van der Waals surface area contributed by atoms with Gasteiger partial charge in [-0.2, -0.15) is 0 Å². The van der Waals surface area contributed by atoms with Crippen LogP contribution in [-0.4, -0.2) is 9.97 Å². The molecule has 1 N–H and O–H groups in total. The van der Waals surface area contributed by atoms with Gasteiger partial charge < -0.3 is 4.98 Å². The quantitative estimate of drug-likeness (QED) is 0.625. The molecule has 3 rings (SSSR count). The van der Waals surface area contributed by atoms with Crippen LogP contribution < -0.4 is 0 Å². The van der Waals surface area contributed by atoms with Gasteiger partial charge in [0.15, 0.2) is 0 Å². The standard InChI is InChI=1S/C9H7N.C4H5N.Cu.F/c1-2-6-9-8(4-1)5-3-7-10-9;1-2-4-5-3-1;;/h1-7H;1-5H;;. The van der Waals surface area contributed by atoms with Gasteiger partial charge in [-0.15, -0.1) is 0 Å². The number of aromatic nitrogens is 2. The normalized spacial score (nSPS) is 8.24. The molecule has 3 aromatic rings. The van der Waals surface area contributed by atoms with Crippen molar-refractivity contribution in [1.82, 2.24) is 9.97 Å². The number of halogens is 1. The van der Waals surface area contributed by atoms with Gasteiger partial charge in [0.2, 0.25) is 0 Å². The molecule has 0 amide bonds. The van der Waals surface area contributed by atoms with Crippen molar-refractivity contribution in [2.45, 2.75) is 0 Å².